The van der Waals surface area contributed by atoms with Gasteiger partial charge in [0, 0.05) is 37.6 Å². The summed E-state index contributed by atoms with van der Waals surface area (Å²) in [5.74, 6) is 0.784. The molecule has 2 N–H and O–H groups in total. The molecule has 0 aromatic carbocycles. The molecule has 1 aromatic rings. The van der Waals surface area contributed by atoms with E-state index in [0.29, 0.717) is 6.04 Å². The Morgan fingerprint density at radius 3 is 2.19 bits per heavy atom. The quantitative estimate of drug-likeness (QED) is 0.888. The van der Waals surface area contributed by atoms with E-state index in [9.17, 15) is 4.79 Å². The molecular weight excluding hydrogens is 266 g/mol. The number of carbonyl (C=O) groups is 1. The summed E-state index contributed by atoms with van der Waals surface area (Å²) in [5, 5.41) is 6.18. The van der Waals surface area contributed by atoms with Crippen molar-refractivity contribution in [2.45, 2.75) is 50.6 Å². The lowest BCUT2D eigenvalue weighted by atomic mass is 10.1. The first-order valence-corrected chi connectivity index (χ1v) is 7.90. The fourth-order valence-corrected chi connectivity index (χ4v) is 3.16. The van der Waals surface area contributed by atoms with E-state index in [-0.39, 0.29) is 12.1 Å². The molecule has 114 valence electrons. The van der Waals surface area contributed by atoms with Crippen molar-refractivity contribution in [2.24, 2.45) is 0 Å². The number of hydrogen-bond donors (Lipinski definition) is 2. The van der Waals surface area contributed by atoms with Crippen molar-refractivity contribution >= 4 is 12.0 Å². The summed E-state index contributed by atoms with van der Waals surface area (Å²) in [5.41, 5.74) is 0. The Hall–Kier alpha value is -1.85. The molecule has 1 saturated carbocycles. The van der Waals surface area contributed by atoms with Crippen LogP contribution in [0.1, 0.15) is 38.5 Å². The highest BCUT2D eigenvalue weighted by atomic mass is 16.2. The minimum Gasteiger partial charge on any atom is -0.341 e. The first kappa shape index (κ1) is 14.1. The molecule has 1 saturated heterocycles. The van der Waals surface area contributed by atoms with Crippen molar-refractivity contribution < 1.29 is 4.79 Å². The predicted octanol–water partition coefficient (Wildman–Crippen LogP) is 1.69. The largest absolute Gasteiger partial charge is 0.341 e. The van der Waals surface area contributed by atoms with Crippen LogP contribution < -0.4 is 15.5 Å². The van der Waals surface area contributed by atoms with E-state index in [1.165, 1.54) is 12.8 Å². The number of amides is 2. The van der Waals surface area contributed by atoms with Gasteiger partial charge in [-0.1, -0.05) is 12.8 Å². The zero-order valence-electron chi connectivity index (χ0n) is 12.3. The summed E-state index contributed by atoms with van der Waals surface area (Å²) in [6, 6.07) is 2.45. The number of nitrogens with zero attached hydrogens (tertiary/aromatic N) is 3. The molecule has 0 radical (unpaired) electrons. The van der Waals surface area contributed by atoms with Crippen LogP contribution in [0.5, 0.6) is 0 Å². The van der Waals surface area contributed by atoms with Crippen molar-refractivity contribution in [3.8, 4) is 0 Å². The Labute approximate surface area is 125 Å². The monoisotopic (exact) mass is 289 g/mol. The number of piperidine rings is 1. The molecule has 0 spiro atoms. The Morgan fingerprint density at radius 2 is 1.57 bits per heavy atom. The molecular formula is C15H23N5O. The van der Waals surface area contributed by atoms with E-state index >= 15 is 0 Å². The normalized spacial score (nSPS) is 20.5. The smallest absolute Gasteiger partial charge is 0.315 e. The molecule has 2 amide bonds. The molecule has 0 atom stereocenters. The Kier molecular flexibility index (Phi) is 4.52. The van der Waals surface area contributed by atoms with Crippen molar-refractivity contribution in [3.05, 3.63) is 18.5 Å². The van der Waals surface area contributed by atoms with Crippen LogP contribution in [0.15, 0.2) is 18.5 Å². The van der Waals surface area contributed by atoms with Gasteiger partial charge in [0.15, 0.2) is 0 Å². The van der Waals surface area contributed by atoms with Crippen LogP contribution in [0.4, 0.5) is 10.7 Å². The van der Waals surface area contributed by atoms with Gasteiger partial charge in [0.1, 0.15) is 0 Å². The summed E-state index contributed by atoms with van der Waals surface area (Å²) in [4.78, 5) is 22.7. The third-order valence-electron chi connectivity index (χ3n) is 4.36. The van der Waals surface area contributed by atoms with Crippen LogP contribution in [0.3, 0.4) is 0 Å². The highest BCUT2D eigenvalue weighted by Crippen LogP contribution is 2.18. The summed E-state index contributed by atoms with van der Waals surface area (Å²) in [6.45, 7) is 1.77. The summed E-state index contributed by atoms with van der Waals surface area (Å²) in [7, 11) is 0. The summed E-state index contributed by atoms with van der Waals surface area (Å²) >= 11 is 0. The molecule has 6 nitrogen and oxygen atoms in total. The molecule has 2 fully saturated rings. The lowest BCUT2D eigenvalue weighted by Gasteiger charge is -2.32. The molecule has 1 aliphatic heterocycles. The van der Waals surface area contributed by atoms with Crippen LogP contribution in [-0.4, -0.2) is 41.2 Å². The zero-order valence-corrected chi connectivity index (χ0v) is 12.3. The van der Waals surface area contributed by atoms with Crippen molar-refractivity contribution in [2.75, 3.05) is 18.0 Å². The van der Waals surface area contributed by atoms with Crippen LogP contribution in [-0.2, 0) is 0 Å². The van der Waals surface area contributed by atoms with Gasteiger partial charge in [-0.15, -0.1) is 0 Å². The minimum atomic E-state index is -0.00342. The van der Waals surface area contributed by atoms with Crippen LogP contribution in [0.25, 0.3) is 0 Å². The number of anilines is 1. The maximum Gasteiger partial charge on any atom is 0.315 e. The van der Waals surface area contributed by atoms with Gasteiger partial charge in [-0.25, -0.2) is 14.8 Å². The van der Waals surface area contributed by atoms with E-state index in [2.05, 4.69) is 25.5 Å². The van der Waals surface area contributed by atoms with E-state index in [1.54, 1.807) is 12.4 Å². The van der Waals surface area contributed by atoms with Gasteiger partial charge in [0.05, 0.1) is 0 Å². The van der Waals surface area contributed by atoms with Crippen LogP contribution >= 0.6 is 0 Å². The number of rotatable bonds is 3. The molecule has 1 aromatic heterocycles. The topological polar surface area (TPSA) is 70.2 Å². The minimum absolute atomic E-state index is 0.00342. The zero-order chi connectivity index (χ0) is 14.5. The van der Waals surface area contributed by atoms with Gasteiger partial charge in [0.2, 0.25) is 5.95 Å². The number of nitrogens with one attached hydrogen (secondary N) is 2. The summed E-state index contributed by atoms with van der Waals surface area (Å²) in [6.07, 6.45) is 10.1. The van der Waals surface area contributed by atoms with Gasteiger partial charge < -0.3 is 15.5 Å². The van der Waals surface area contributed by atoms with Crippen LogP contribution in [0.2, 0.25) is 0 Å². The van der Waals surface area contributed by atoms with Gasteiger partial charge in [-0.05, 0) is 31.7 Å². The molecule has 3 rings (SSSR count). The SMILES string of the molecule is O=C(NC1CCCC1)NC1CCN(c2ncccn2)CC1. The second kappa shape index (κ2) is 6.74. The van der Waals surface area contributed by atoms with Crippen LogP contribution in [0, 0.1) is 0 Å². The molecule has 2 aliphatic rings. The fraction of sp³-hybridized carbons (Fsp3) is 0.667. The average Bonchev–Trinajstić information content (AvgIpc) is 3.02. The first-order chi connectivity index (χ1) is 10.3. The second-order valence-corrected chi connectivity index (χ2v) is 5.91. The number of aromatic nitrogens is 2. The maximum atomic E-state index is 12.0. The molecule has 0 unspecified atom stereocenters. The molecule has 0 bridgehead atoms. The van der Waals surface area contributed by atoms with E-state index in [4.69, 9.17) is 0 Å². The lowest BCUT2D eigenvalue weighted by molar-refractivity contribution is 0.230. The van der Waals surface area contributed by atoms with Crippen molar-refractivity contribution in [3.63, 3.8) is 0 Å². The Bertz CT molecular complexity index is 452. The molecule has 1 aliphatic carbocycles. The Balaban J connectivity index is 1.42. The highest BCUT2D eigenvalue weighted by molar-refractivity contribution is 5.74. The molecule has 21 heavy (non-hydrogen) atoms. The number of urea groups is 1. The highest BCUT2D eigenvalue weighted by Gasteiger charge is 2.23. The standard InChI is InChI=1S/C15H23N5O/c21-15(18-12-4-1-2-5-12)19-13-6-10-20(11-7-13)14-16-8-3-9-17-14/h3,8-9,12-13H,1-2,4-7,10-11H2,(H2,18,19,21). The molecule has 2 heterocycles. The van der Waals surface area contributed by atoms with Crippen molar-refractivity contribution in [1.82, 2.24) is 20.6 Å². The van der Waals surface area contributed by atoms with E-state index in [0.717, 1.165) is 44.7 Å². The Morgan fingerprint density at radius 1 is 1.00 bits per heavy atom. The number of hydrogen-bond acceptors (Lipinski definition) is 4. The second-order valence-electron chi connectivity index (χ2n) is 5.91. The molecule has 6 heteroatoms. The lowest BCUT2D eigenvalue weighted by Crippen LogP contribution is -2.49. The summed E-state index contributed by atoms with van der Waals surface area (Å²) < 4.78 is 0. The fourth-order valence-electron chi connectivity index (χ4n) is 3.16. The van der Waals surface area contributed by atoms with Gasteiger partial charge in [0.25, 0.3) is 0 Å². The maximum absolute atomic E-state index is 12.0. The van der Waals surface area contributed by atoms with Gasteiger partial charge in [-0.3, -0.25) is 0 Å². The van der Waals surface area contributed by atoms with E-state index in [1.807, 2.05) is 6.07 Å². The first-order valence-electron chi connectivity index (χ1n) is 7.90. The number of carbonyl (C=O) groups excluding carboxylic acids is 1. The van der Waals surface area contributed by atoms with E-state index < -0.39 is 0 Å². The predicted molar refractivity (Wildman–Crippen MR) is 81.2 cm³/mol. The van der Waals surface area contributed by atoms with Gasteiger partial charge in [-0.2, -0.15) is 0 Å². The average molecular weight is 289 g/mol. The van der Waals surface area contributed by atoms with Crippen molar-refractivity contribution in [1.29, 1.82) is 0 Å². The van der Waals surface area contributed by atoms with Gasteiger partial charge >= 0.3 is 6.03 Å². The third-order valence-corrected chi connectivity index (χ3v) is 4.36. The third kappa shape index (κ3) is 3.83.